The quantitative estimate of drug-likeness (QED) is 0.300. The second kappa shape index (κ2) is 10.9. The number of halogens is 1. The minimum Gasteiger partial charge on any atom is -0.468 e. The predicted octanol–water partition coefficient (Wildman–Crippen LogP) is 4.53. The van der Waals surface area contributed by atoms with E-state index in [1.54, 1.807) is 23.1 Å². The largest absolute Gasteiger partial charge is 0.468 e. The number of nitrogens with one attached hydrogen (secondary N) is 1. The molecular weight excluding hydrogens is 499 g/mol. The lowest BCUT2D eigenvalue weighted by Gasteiger charge is -2.30. The fourth-order valence-corrected chi connectivity index (χ4v) is 5.22. The van der Waals surface area contributed by atoms with Crippen LogP contribution in [0.3, 0.4) is 0 Å². The number of aryl methyl sites for hydroxylation is 1. The zero-order valence-electron chi connectivity index (χ0n) is 21.6. The van der Waals surface area contributed by atoms with Crippen molar-refractivity contribution >= 4 is 10.9 Å². The smallest absolute Gasteiger partial charge is 0.253 e. The summed E-state index contributed by atoms with van der Waals surface area (Å²) in [6.45, 7) is 3.94. The Morgan fingerprint density at radius 2 is 2.03 bits per heavy atom. The number of pyridine rings is 1. The van der Waals surface area contributed by atoms with E-state index in [0.717, 1.165) is 34.9 Å². The Hall–Kier alpha value is -4.15. The van der Waals surface area contributed by atoms with Gasteiger partial charge in [0.1, 0.15) is 17.6 Å². The molecule has 2 atom stereocenters. The number of tetrazole rings is 1. The Balaban J connectivity index is 1.49. The van der Waals surface area contributed by atoms with E-state index in [1.165, 1.54) is 12.1 Å². The lowest BCUT2D eigenvalue weighted by atomic mass is 10.0. The van der Waals surface area contributed by atoms with Gasteiger partial charge in [-0.15, -0.1) is 5.10 Å². The summed E-state index contributed by atoms with van der Waals surface area (Å²) >= 11 is 0. The van der Waals surface area contributed by atoms with E-state index < -0.39 is 6.04 Å². The van der Waals surface area contributed by atoms with Crippen LogP contribution in [0.1, 0.15) is 47.2 Å². The molecule has 1 aliphatic heterocycles. The maximum absolute atomic E-state index is 13.7. The van der Waals surface area contributed by atoms with Crippen LogP contribution in [0.2, 0.25) is 0 Å². The molecule has 10 heteroatoms. The van der Waals surface area contributed by atoms with Crippen LogP contribution in [0.5, 0.6) is 0 Å². The first-order valence-corrected chi connectivity index (χ1v) is 13.1. The number of aromatic amines is 1. The zero-order chi connectivity index (χ0) is 26.8. The van der Waals surface area contributed by atoms with Gasteiger partial charge in [0.15, 0.2) is 5.82 Å². The third kappa shape index (κ3) is 5.52. The molecule has 0 spiro atoms. The highest BCUT2D eigenvalue weighted by Crippen LogP contribution is 2.31. The molecule has 1 aliphatic rings. The molecule has 0 bridgehead atoms. The molecule has 9 nitrogen and oxygen atoms in total. The third-order valence-corrected chi connectivity index (χ3v) is 7.13. The van der Waals surface area contributed by atoms with Crippen LogP contribution in [-0.2, 0) is 24.4 Å². The lowest BCUT2D eigenvalue weighted by molar-refractivity contribution is 0.0901. The Bertz CT molecular complexity index is 1610. The van der Waals surface area contributed by atoms with E-state index in [9.17, 15) is 9.18 Å². The summed E-state index contributed by atoms with van der Waals surface area (Å²) in [5.41, 5.74) is 2.96. The Morgan fingerprint density at radius 3 is 2.79 bits per heavy atom. The Labute approximate surface area is 224 Å². The number of aromatic nitrogens is 5. The summed E-state index contributed by atoms with van der Waals surface area (Å²) in [7, 11) is 0. The van der Waals surface area contributed by atoms with Crippen molar-refractivity contribution in [3.63, 3.8) is 0 Å². The average molecular weight is 529 g/mol. The number of nitrogens with zero attached hydrogens (tertiary/aromatic N) is 5. The molecule has 3 aromatic heterocycles. The molecule has 0 aliphatic carbocycles. The normalized spacial score (nSPS) is 16.3. The van der Waals surface area contributed by atoms with Crippen molar-refractivity contribution in [2.75, 3.05) is 6.61 Å². The minimum absolute atomic E-state index is 0.00128. The van der Waals surface area contributed by atoms with Crippen molar-refractivity contribution in [1.82, 2.24) is 30.1 Å². The molecule has 0 amide bonds. The molecule has 1 fully saturated rings. The van der Waals surface area contributed by atoms with Crippen LogP contribution in [0.4, 0.5) is 4.39 Å². The average Bonchev–Trinajstić information content (AvgIpc) is 3.71. The van der Waals surface area contributed by atoms with Crippen molar-refractivity contribution in [2.24, 2.45) is 0 Å². The standard InChI is InChI=1S/C29H29FN6O3/c1-19-6-9-21-15-25(29(37)31-26(21)14-19)27(28-32-33-34-36(28)18-24-5-3-13-39-24)35(17-23-4-2-12-38-23)16-20-7-10-22(30)11-8-20/h2,4,6-12,14-15,24,27H,3,5,13,16-18H2,1H3,(H,31,37)/t24-,27+/m1/s1. The van der Waals surface area contributed by atoms with Gasteiger partial charge >= 0.3 is 0 Å². The number of benzene rings is 2. The highest BCUT2D eigenvalue weighted by Gasteiger charge is 2.32. The number of hydrogen-bond acceptors (Lipinski definition) is 7. The summed E-state index contributed by atoms with van der Waals surface area (Å²) in [6, 6.07) is 17.3. The van der Waals surface area contributed by atoms with Crippen molar-refractivity contribution in [1.29, 1.82) is 0 Å². The van der Waals surface area contributed by atoms with E-state index in [4.69, 9.17) is 9.15 Å². The van der Waals surface area contributed by atoms with Gasteiger partial charge in [-0.1, -0.05) is 24.3 Å². The number of H-pyrrole nitrogens is 1. The van der Waals surface area contributed by atoms with E-state index in [1.807, 2.05) is 43.3 Å². The van der Waals surface area contributed by atoms with Gasteiger partial charge in [0, 0.05) is 24.2 Å². The van der Waals surface area contributed by atoms with Crippen molar-refractivity contribution in [3.05, 3.63) is 111 Å². The van der Waals surface area contributed by atoms with Gasteiger partial charge in [-0.05, 0) is 83.1 Å². The second-order valence-corrected chi connectivity index (χ2v) is 10.0. The van der Waals surface area contributed by atoms with Gasteiger partial charge in [0.05, 0.1) is 25.5 Å². The van der Waals surface area contributed by atoms with Gasteiger partial charge in [-0.25, -0.2) is 9.07 Å². The molecule has 4 heterocycles. The van der Waals surface area contributed by atoms with Gasteiger partial charge in [-0.3, -0.25) is 9.69 Å². The van der Waals surface area contributed by atoms with E-state index >= 15 is 0 Å². The fourth-order valence-electron chi connectivity index (χ4n) is 5.22. The second-order valence-electron chi connectivity index (χ2n) is 10.0. The first-order chi connectivity index (χ1) is 19.0. The first-order valence-electron chi connectivity index (χ1n) is 13.1. The SMILES string of the molecule is Cc1ccc2cc([C@@H](c3nnnn3C[C@H]3CCCO3)N(Cc3ccc(F)cc3)Cc3ccco3)c(=O)[nH]c2c1. The molecule has 0 saturated carbocycles. The van der Waals surface area contributed by atoms with Crippen molar-refractivity contribution in [2.45, 2.75) is 51.5 Å². The molecule has 5 aromatic rings. The van der Waals surface area contributed by atoms with Gasteiger partial charge in [-0.2, -0.15) is 0 Å². The number of furan rings is 1. The van der Waals surface area contributed by atoms with Gasteiger partial charge in [0.25, 0.3) is 5.56 Å². The van der Waals surface area contributed by atoms with E-state index in [2.05, 4.69) is 25.4 Å². The Morgan fingerprint density at radius 1 is 1.15 bits per heavy atom. The van der Waals surface area contributed by atoms with Gasteiger partial charge in [0.2, 0.25) is 0 Å². The van der Waals surface area contributed by atoms with Gasteiger partial charge < -0.3 is 14.1 Å². The van der Waals surface area contributed by atoms with Crippen LogP contribution < -0.4 is 5.56 Å². The van der Waals surface area contributed by atoms with Crippen molar-refractivity contribution in [3.8, 4) is 0 Å². The number of rotatable bonds is 9. The molecule has 0 unspecified atom stereocenters. The van der Waals surface area contributed by atoms with E-state index in [0.29, 0.717) is 43.4 Å². The summed E-state index contributed by atoms with van der Waals surface area (Å²) in [4.78, 5) is 18.8. The van der Waals surface area contributed by atoms with Crippen LogP contribution >= 0.6 is 0 Å². The maximum atomic E-state index is 13.7. The third-order valence-electron chi connectivity index (χ3n) is 7.13. The Kier molecular flexibility index (Phi) is 7.04. The summed E-state index contributed by atoms with van der Waals surface area (Å²) in [5, 5.41) is 13.6. The number of fused-ring (bicyclic) bond motifs is 1. The fraction of sp³-hybridized carbons (Fsp3) is 0.310. The summed E-state index contributed by atoms with van der Waals surface area (Å²) in [5.74, 6) is 0.930. The predicted molar refractivity (Wildman–Crippen MR) is 142 cm³/mol. The molecule has 0 radical (unpaired) electrons. The molecule has 1 N–H and O–H groups in total. The first kappa shape index (κ1) is 25.1. The molecule has 39 heavy (non-hydrogen) atoms. The molecule has 200 valence electrons. The lowest BCUT2D eigenvalue weighted by Crippen LogP contribution is -2.35. The topological polar surface area (TPSA) is 102 Å². The van der Waals surface area contributed by atoms with Crippen LogP contribution in [0, 0.1) is 12.7 Å². The number of ether oxygens (including phenoxy) is 1. The highest BCUT2D eigenvalue weighted by atomic mass is 19.1. The minimum atomic E-state index is -0.633. The zero-order valence-corrected chi connectivity index (χ0v) is 21.6. The molecule has 1 saturated heterocycles. The monoisotopic (exact) mass is 528 g/mol. The number of hydrogen-bond donors (Lipinski definition) is 1. The van der Waals surface area contributed by atoms with E-state index in [-0.39, 0.29) is 17.5 Å². The van der Waals surface area contributed by atoms with Crippen LogP contribution in [0.15, 0.2) is 76.1 Å². The maximum Gasteiger partial charge on any atom is 0.253 e. The molecule has 2 aromatic carbocycles. The summed E-state index contributed by atoms with van der Waals surface area (Å²) < 4.78 is 27.0. The van der Waals surface area contributed by atoms with Crippen molar-refractivity contribution < 1.29 is 13.5 Å². The molecule has 6 rings (SSSR count). The molecular formula is C29H29FN6O3. The summed E-state index contributed by atoms with van der Waals surface area (Å²) in [6.07, 6.45) is 3.53. The highest BCUT2D eigenvalue weighted by molar-refractivity contribution is 5.79. The van der Waals surface area contributed by atoms with Crippen LogP contribution in [0.25, 0.3) is 10.9 Å². The van der Waals surface area contributed by atoms with Crippen LogP contribution in [-0.4, -0.2) is 42.8 Å².